The Morgan fingerprint density at radius 3 is 1.59 bits per heavy atom. The van der Waals surface area contributed by atoms with Crippen molar-refractivity contribution in [1.82, 2.24) is 0 Å². The summed E-state index contributed by atoms with van der Waals surface area (Å²) in [4.78, 5) is 0. The van der Waals surface area contributed by atoms with Gasteiger partial charge in [-0.05, 0) is 13.8 Å². The first-order valence-corrected chi connectivity index (χ1v) is 7.13. The van der Waals surface area contributed by atoms with Crippen LogP contribution in [0.4, 0.5) is 0 Å². The van der Waals surface area contributed by atoms with E-state index < -0.39 is 0 Å². The van der Waals surface area contributed by atoms with Crippen LogP contribution in [0.2, 0.25) is 0 Å². The van der Waals surface area contributed by atoms with Gasteiger partial charge in [0.05, 0.1) is 0 Å². The van der Waals surface area contributed by atoms with Gasteiger partial charge < -0.3 is 12.8 Å². The summed E-state index contributed by atoms with van der Waals surface area (Å²) in [5, 5.41) is 0. The van der Waals surface area contributed by atoms with Crippen molar-refractivity contribution in [2.75, 3.05) is 0 Å². The molecule has 95 valence electrons. The van der Waals surface area contributed by atoms with Gasteiger partial charge in [-0.1, -0.05) is 44.1 Å². The molecule has 0 saturated heterocycles. The van der Waals surface area contributed by atoms with E-state index in [4.69, 9.17) is 0 Å². The van der Waals surface area contributed by atoms with Crippen LogP contribution in [-0.2, 0) is 18.6 Å². The molecule has 1 heteroatoms. The maximum absolute atomic E-state index is 2.59. The number of hydrogen-bond donors (Lipinski definition) is 0. The molecule has 0 spiro atoms. The summed E-state index contributed by atoms with van der Waals surface area (Å²) in [5.74, 6) is 1.61. The smallest absolute Gasteiger partial charge is 0.322 e. The average molecular weight is 269 g/mol. The third-order valence-corrected chi connectivity index (χ3v) is 4.22. The summed E-state index contributed by atoms with van der Waals surface area (Å²) >= 11 is 0. The molecule has 0 bridgehead atoms. The van der Waals surface area contributed by atoms with Crippen molar-refractivity contribution in [3.8, 4) is 0 Å². The Balaban J connectivity index is 0.00000144. The van der Waals surface area contributed by atoms with Gasteiger partial charge in [0.2, 0.25) is 0 Å². The first kappa shape index (κ1) is 15.4. The molecule has 0 aromatic heterocycles. The van der Waals surface area contributed by atoms with Crippen LogP contribution >= 0.6 is 0 Å². The molecule has 2 rings (SSSR count). The molecule has 17 heavy (non-hydrogen) atoms. The maximum Gasteiger partial charge on any atom is 2.00 e. The summed E-state index contributed by atoms with van der Waals surface area (Å²) in [7, 11) is 0. The van der Waals surface area contributed by atoms with Crippen molar-refractivity contribution in [1.29, 1.82) is 0 Å². The summed E-state index contributed by atoms with van der Waals surface area (Å²) in [6.07, 6.45) is 16.4. The largest absolute Gasteiger partial charge is 2.00 e. The van der Waals surface area contributed by atoms with E-state index in [1.165, 1.54) is 51.4 Å². The van der Waals surface area contributed by atoms with Crippen LogP contribution in [0.1, 0.15) is 65.2 Å². The Kier molecular flexibility index (Phi) is 6.96. The minimum absolute atomic E-state index is 0. The third kappa shape index (κ3) is 4.18. The molecule has 0 aliphatic heterocycles. The molecule has 2 saturated carbocycles. The van der Waals surface area contributed by atoms with Crippen molar-refractivity contribution in [2.24, 2.45) is 11.8 Å². The Morgan fingerprint density at radius 1 is 0.824 bits per heavy atom. The number of hydrogen-bond acceptors (Lipinski definition) is 0. The standard InChI is InChI=1S/C16H26.V/c1-13(2)16(14-9-5-3-6-10-14)15-11-7-4-8-12-15;/h9,11,14-15H,3-8,10,12H2,1-2H3;/q-2;+2. The fraction of sp³-hybridized carbons (Fsp3) is 0.750. The van der Waals surface area contributed by atoms with Crippen LogP contribution < -0.4 is 0 Å². The Bertz CT molecular complexity index is 218. The molecule has 0 nitrogen and oxygen atoms in total. The zero-order valence-corrected chi connectivity index (χ0v) is 12.8. The normalized spacial score (nSPS) is 29.3. The summed E-state index contributed by atoms with van der Waals surface area (Å²) in [5.41, 5.74) is 3.37. The van der Waals surface area contributed by atoms with Crippen LogP contribution in [0.25, 0.3) is 0 Å². The van der Waals surface area contributed by atoms with Gasteiger partial charge in [0.1, 0.15) is 0 Å². The van der Waals surface area contributed by atoms with E-state index in [-0.39, 0.29) is 18.6 Å². The molecular formula is C16H26V. The van der Waals surface area contributed by atoms with Crippen LogP contribution in [-0.4, -0.2) is 0 Å². The molecule has 2 aliphatic rings. The second-order valence-corrected chi connectivity index (χ2v) is 5.71. The van der Waals surface area contributed by atoms with E-state index in [0.717, 1.165) is 11.8 Å². The van der Waals surface area contributed by atoms with E-state index in [9.17, 15) is 0 Å². The molecule has 0 aromatic carbocycles. The molecule has 0 amide bonds. The maximum atomic E-state index is 2.59. The number of rotatable bonds is 2. The molecule has 0 N–H and O–H groups in total. The van der Waals surface area contributed by atoms with Crippen LogP contribution in [0, 0.1) is 24.7 Å². The SMILES string of the molecule is CC(C)=C(C1[CH-]CCCC1)C1[CH-]CCCC1.[V+2]. The predicted molar refractivity (Wildman–Crippen MR) is 70.9 cm³/mol. The van der Waals surface area contributed by atoms with Gasteiger partial charge >= 0.3 is 18.6 Å². The molecule has 2 atom stereocenters. The van der Waals surface area contributed by atoms with Crippen molar-refractivity contribution in [3.63, 3.8) is 0 Å². The van der Waals surface area contributed by atoms with Crippen molar-refractivity contribution >= 4 is 0 Å². The minimum Gasteiger partial charge on any atom is -0.322 e. The van der Waals surface area contributed by atoms with Gasteiger partial charge in [-0.25, -0.2) is 0 Å². The Morgan fingerprint density at radius 2 is 1.29 bits per heavy atom. The van der Waals surface area contributed by atoms with Gasteiger partial charge in [0, 0.05) is 0 Å². The molecule has 1 radical (unpaired) electrons. The van der Waals surface area contributed by atoms with Crippen LogP contribution in [0.3, 0.4) is 0 Å². The molecular weight excluding hydrogens is 243 g/mol. The minimum atomic E-state index is 0. The van der Waals surface area contributed by atoms with E-state index >= 15 is 0 Å². The molecule has 2 fully saturated rings. The zero-order chi connectivity index (χ0) is 11.4. The molecule has 2 aliphatic carbocycles. The Labute approximate surface area is 120 Å². The first-order valence-electron chi connectivity index (χ1n) is 7.13. The summed E-state index contributed by atoms with van der Waals surface area (Å²) in [6.45, 7) is 4.64. The van der Waals surface area contributed by atoms with Gasteiger partial charge in [-0.2, -0.15) is 12.8 Å². The van der Waals surface area contributed by atoms with Gasteiger partial charge in [-0.15, -0.1) is 17.4 Å². The van der Waals surface area contributed by atoms with Crippen molar-refractivity contribution in [2.45, 2.75) is 65.2 Å². The quantitative estimate of drug-likeness (QED) is 0.482. The van der Waals surface area contributed by atoms with Crippen LogP contribution in [0.15, 0.2) is 11.1 Å². The van der Waals surface area contributed by atoms with Crippen molar-refractivity contribution < 1.29 is 18.6 Å². The summed E-state index contributed by atoms with van der Waals surface area (Å²) < 4.78 is 0. The Hall–Kier alpha value is 0.324. The van der Waals surface area contributed by atoms with Crippen molar-refractivity contribution in [3.05, 3.63) is 24.0 Å². The zero-order valence-electron chi connectivity index (χ0n) is 11.4. The molecule has 0 heterocycles. The second kappa shape index (κ2) is 7.69. The van der Waals surface area contributed by atoms with Gasteiger partial charge in [-0.3, -0.25) is 0 Å². The average Bonchev–Trinajstić information content (AvgIpc) is 2.31. The molecule has 0 aromatic rings. The monoisotopic (exact) mass is 269 g/mol. The predicted octanol–water partition coefficient (Wildman–Crippen LogP) is 5.11. The van der Waals surface area contributed by atoms with Gasteiger partial charge in [0.15, 0.2) is 0 Å². The van der Waals surface area contributed by atoms with E-state index in [1.54, 1.807) is 11.1 Å². The number of allylic oxidation sites excluding steroid dienone is 2. The summed E-state index contributed by atoms with van der Waals surface area (Å²) in [6, 6.07) is 0. The topological polar surface area (TPSA) is 0 Å². The van der Waals surface area contributed by atoms with Gasteiger partial charge in [0.25, 0.3) is 0 Å². The molecule has 2 unspecified atom stereocenters. The van der Waals surface area contributed by atoms with E-state index in [2.05, 4.69) is 26.7 Å². The van der Waals surface area contributed by atoms with Crippen LogP contribution in [0.5, 0.6) is 0 Å². The fourth-order valence-corrected chi connectivity index (χ4v) is 3.47. The van der Waals surface area contributed by atoms with E-state index in [0.29, 0.717) is 0 Å². The third-order valence-electron chi connectivity index (χ3n) is 4.22. The fourth-order valence-electron chi connectivity index (χ4n) is 3.47. The first-order chi connectivity index (χ1) is 7.79. The van der Waals surface area contributed by atoms with E-state index in [1.807, 2.05) is 0 Å². The second-order valence-electron chi connectivity index (χ2n) is 5.71.